The van der Waals surface area contributed by atoms with Gasteiger partial charge in [0.15, 0.2) is 0 Å². The molecule has 8 heteroatoms. The fraction of sp³-hybridized carbons (Fsp3) is 0.400. The van der Waals surface area contributed by atoms with Crippen LogP contribution >= 0.6 is 0 Å². The maximum absolute atomic E-state index is 13.1. The molecule has 0 unspecified atom stereocenters. The number of aromatic nitrogens is 3. The van der Waals surface area contributed by atoms with Crippen LogP contribution in [0.3, 0.4) is 0 Å². The number of nitrogens with one attached hydrogen (secondary N) is 1. The average Bonchev–Trinajstić information content (AvgIpc) is 3.19. The number of hydrogen-bond acceptors (Lipinski definition) is 5. The number of sulfonamides is 1. The summed E-state index contributed by atoms with van der Waals surface area (Å²) < 4.78 is 36.3. The van der Waals surface area contributed by atoms with E-state index in [4.69, 9.17) is 4.42 Å². The second kappa shape index (κ2) is 7.52. The van der Waals surface area contributed by atoms with Crippen molar-refractivity contribution < 1.29 is 12.8 Å². The normalized spacial score (nSPS) is 11.9. The summed E-state index contributed by atoms with van der Waals surface area (Å²) in [4.78, 5) is 0.255. The van der Waals surface area contributed by atoms with Crippen molar-refractivity contribution >= 4 is 10.0 Å². The lowest BCUT2D eigenvalue weighted by molar-refractivity contribution is 0.508. The number of hydrogen-bond donors (Lipinski definition) is 1. The summed E-state index contributed by atoms with van der Waals surface area (Å²) in [5.74, 6) is 0.848. The van der Waals surface area contributed by atoms with Crippen LogP contribution in [0.4, 0.5) is 0 Å². The van der Waals surface area contributed by atoms with Crippen molar-refractivity contribution in [2.45, 2.75) is 52.5 Å². The second-order valence-electron chi connectivity index (χ2n) is 7.04. The molecule has 0 bridgehead atoms. The van der Waals surface area contributed by atoms with Crippen LogP contribution in [-0.4, -0.2) is 23.2 Å². The molecule has 0 radical (unpaired) electrons. The van der Waals surface area contributed by atoms with Crippen LogP contribution in [0.5, 0.6) is 0 Å². The third kappa shape index (κ3) is 3.62. The van der Waals surface area contributed by atoms with Crippen LogP contribution in [-0.2, 0) is 30.0 Å². The topological polar surface area (TPSA) is 90.0 Å². The first-order valence-electron chi connectivity index (χ1n) is 9.20. The monoisotopic (exact) mass is 402 g/mol. The first kappa shape index (κ1) is 20.3. The van der Waals surface area contributed by atoms with E-state index in [1.165, 1.54) is 5.56 Å². The predicted octanol–water partition coefficient (Wildman–Crippen LogP) is 3.35. The van der Waals surface area contributed by atoms with Gasteiger partial charge in [0.1, 0.15) is 10.6 Å². The minimum atomic E-state index is -3.71. The van der Waals surface area contributed by atoms with Gasteiger partial charge in [-0.25, -0.2) is 13.1 Å². The zero-order chi connectivity index (χ0) is 20.6. The van der Waals surface area contributed by atoms with Crippen molar-refractivity contribution in [2.24, 2.45) is 7.05 Å². The van der Waals surface area contributed by atoms with E-state index in [1.807, 2.05) is 39.0 Å². The molecule has 0 saturated heterocycles. The lowest BCUT2D eigenvalue weighted by Crippen LogP contribution is -2.24. The Kier molecular flexibility index (Phi) is 5.45. The summed E-state index contributed by atoms with van der Waals surface area (Å²) in [6.45, 7) is 9.74. The molecule has 3 rings (SSSR count). The molecule has 1 N–H and O–H groups in total. The molecule has 0 aliphatic carbocycles. The largest absolute Gasteiger partial charge is 0.419 e. The lowest BCUT2D eigenvalue weighted by Gasteiger charge is -2.09. The molecule has 0 spiro atoms. The van der Waals surface area contributed by atoms with Gasteiger partial charge >= 0.3 is 0 Å². The molecule has 0 saturated carbocycles. The second-order valence-corrected chi connectivity index (χ2v) is 8.75. The summed E-state index contributed by atoms with van der Waals surface area (Å²) in [6, 6.07) is 5.93. The Morgan fingerprint density at radius 3 is 2.43 bits per heavy atom. The van der Waals surface area contributed by atoms with Crippen LogP contribution in [0.25, 0.3) is 11.6 Å². The fourth-order valence-corrected chi connectivity index (χ4v) is 4.83. The smallest absolute Gasteiger partial charge is 0.264 e. The molecule has 0 fully saturated rings. The summed E-state index contributed by atoms with van der Waals surface area (Å²) in [5.41, 5.74) is 5.07. The van der Waals surface area contributed by atoms with E-state index in [1.54, 1.807) is 25.5 Å². The highest BCUT2D eigenvalue weighted by molar-refractivity contribution is 7.89. The third-order valence-corrected chi connectivity index (χ3v) is 6.80. The van der Waals surface area contributed by atoms with Gasteiger partial charge in [0.05, 0.1) is 0 Å². The highest BCUT2D eigenvalue weighted by atomic mass is 32.2. The van der Waals surface area contributed by atoms with Crippen LogP contribution in [0.2, 0.25) is 0 Å². The van der Waals surface area contributed by atoms with Gasteiger partial charge in [-0.1, -0.05) is 25.1 Å². The van der Waals surface area contributed by atoms with Crippen LogP contribution in [0.15, 0.2) is 27.5 Å². The van der Waals surface area contributed by atoms with Gasteiger partial charge in [-0.3, -0.25) is 0 Å². The van der Waals surface area contributed by atoms with Gasteiger partial charge in [0, 0.05) is 31.3 Å². The van der Waals surface area contributed by atoms with E-state index in [0.717, 1.165) is 11.1 Å². The van der Waals surface area contributed by atoms with Crippen LogP contribution in [0, 0.1) is 27.7 Å². The standard InChI is InChI=1S/C20H26N4O3S/c1-7-17-22-23-20(27-17)18-14(4)19(15(5)24(18)6)28(25,26)21-11-16-9-8-12(2)13(3)10-16/h8-10,21H,7,11H2,1-6H3. The van der Waals surface area contributed by atoms with Crippen molar-refractivity contribution in [3.8, 4) is 11.6 Å². The van der Waals surface area contributed by atoms with Gasteiger partial charge in [-0.2, -0.15) is 0 Å². The minimum absolute atomic E-state index is 0.229. The molecular weight excluding hydrogens is 376 g/mol. The molecule has 2 aromatic heterocycles. The first-order valence-corrected chi connectivity index (χ1v) is 10.7. The van der Waals surface area contributed by atoms with Crippen molar-refractivity contribution in [3.63, 3.8) is 0 Å². The van der Waals surface area contributed by atoms with E-state index in [9.17, 15) is 8.42 Å². The van der Waals surface area contributed by atoms with Crippen molar-refractivity contribution in [1.82, 2.24) is 19.5 Å². The molecule has 3 aromatic rings. The third-order valence-electron chi connectivity index (χ3n) is 5.14. The fourth-order valence-electron chi connectivity index (χ4n) is 3.31. The Morgan fingerprint density at radius 1 is 1.11 bits per heavy atom. The molecule has 2 heterocycles. The van der Waals surface area contributed by atoms with Gasteiger partial charge in [0.2, 0.25) is 15.9 Å². The number of nitrogens with zero attached hydrogens (tertiary/aromatic N) is 3. The predicted molar refractivity (Wildman–Crippen MR) is 107 cm³/mol. The minimum Gasteiger partial charge on any atom is -0.419 e. The van der Waals surface area contributed by atoms with E-state index in [2.05, 4.69) is 14.9 Å². The van der Waals surface area contributed by atoms with E-state index in [0.29, 0.717) is 35.2 Å². The molecule has 7 nitrogen and oxygen atoms in total. The van der Waals surface area contributed by atoms with Gasteiger partial charge < -0.3 is 8.98 Å². The Balaban J connectivity index is 1.95. The molecule has 0 aliphatic rings. The maximum atomic E-state index is 13.1. The Morgan fingerprint density at radius 2 is 1.82 bits per heavy atom. The van der Waals surface area contributed by atoms with Crippen molar-refractivity contribution in [2.75, 3.05) is 0 Å². The summed E-state index contributed by atoms with van der Waals surface area (Å²) in [5, 5.41) is 8.06. The van der Waals surface area contributed by atoms with E-state index in [-0.39, 0.29) is 11.4 Å². The molecular formula is C20H26N4O3S. The van der Waals surface area contributed by atoms with Crippen LogP contribution in [0.1, 0.15) is 40.8 Å². The summed E-state index contributed by atoms with van der Waals surface area (Å²) in [7, 11) is -1.91. The van der Waals surface area contributed by atoms with Gasteiger partial charge in [-0.05, 0) is 44.4 Å². The Bertz CT molecular complexity index is 1130. The van der Waals surface area contributed by atoms with E-state index >= 15 is 0 Å². The molecule has 0 atom stereocenters. The Hall–Kier alpha value is -2.45. The zero-order valence-corrected chi connectivity index (χ0v) is 17.9. The lowest BCUT2D eigenvalue weighted by atomic mass is 10.1. The SMILES string of the molecule is CCc1nnc(-c2c(C)c(S(=O)(=O)NCc3ccc(C)c(C)c3)c(C)n2C)o1. The summed E-state index contributed by atoms with van der Waals surface area (Å²) >= 11 is 0. The quantitative estimate of drug-likeness (QED) is 0.683. The van der Waals surface area contributed by atoms with Crippen molar-refractivity contribution in [3.05, 3.63) is 52.0 Å². The number of benzene rings is 1. The highest BCUT2D eigenvalue weighted by Crippen LogP contribution is 2.32. The first-order chi connectivity index (χ1) is 13.2. The Labute approximate surface area is 165 Å². The number of aryl methyl sites for hydroxylation is 3. The zero-order valence-electron chi connectivity index (χ0n) is 17.1. The van der Waals surface area contributed by atoms with Gasteiger partial charge in [-0.15, -0.1) is 10.2 Å². The summed E-state index contributed by atoms with van der Waals surface area (Å²) in [6.07, 6.45) is 0.623. The molecule has 150 valence electrons. The van der Waals surface area contributed by atoms with E-state index < -0.39 is 10.0 Å². The molecule has 0 amide bonds. The molecule has 28 heavy (non-hydrogen) atoms. The van der Waals surface area contributed by atoms with Gasteiger partial charge in [0.25, 0.3) is 5.89 Å². The molecule has 1 aromatic carbocycles. The maximum Gasteiger partial charge on any atom is 0.264 e. The average molecular weight is 403 g/mol. The van der Waals surface area contributed by atoms with Crippen molar-refractivity contribution in [1.29, 1.82) is 0 Å². The molecule has 0 aliphatic heterocycles. The highest BCUT2D eigenvalue weighted by Gasteiger charge is 2.28. The number of rotatable bonds is 6. The van der Waals surface area contributed by atoms with Crippen LogP contribution < -0.4 is 4.72 Å².